The van der Waals surface area contributed by atoms with Gasteiger partial charge in [-0.25, -0.2) is 0 Å². The van der Waals surface area contributed by atoms with Crippen LogP contribution >= 0.6 is 0 Å². The molecule has 1 rings (SSSR count). The van der Waals surface area contributed by atoms with E-state index >= 15 is 0 Å². The minimum absolute atomic E-state index is 0.127. The Morgan fingerprint density at radius 3 is 2.78 bits per heavy atom. The first-order chi connectivity index (χ1) is 8.72. The summed E-state index contributed by atoms with van der Waals surface area (Å²) >= 11 is 0. The van der Waals surface area contributed by atoms with Crippen LogP contribution in [0.2, 0.25) is 0 Å². The maximum Gasteiger partial charge on any atom is 0.0670 e. The summed E-state index contributed by atoms with van der Waals surface area (Å²) < 4.78 is 0. The molecule has 0 heterocycles. The van der Waals surface area contributed by atoms with Crippen molar-refractivity contribution in [2.45, 2.75) is 26.2 Å². The lowest BCUT2D eigenvalue weighted by molar-refractivity contribution is 0.301. The number of nitrogens with two attached hydrogens (primary N) is 1. The third-order valence-corrected chi connectivity index (χ3v) is 2.91. The molecule has 0 amide bonds. The van der Waals surface area contributed by atoms with Gasteiger partial charge >= 0.3 is 0 Å². The van der Waals surface area contributed by atoms with E-state index in [-0.39, 0.29) is 6.61 Å². The lowest BCUT2D eigenvalue weighted by Crippen LogP contribution is -2.27. The van der Waals surface area contributed by atoms with Gasteiger partial charge in [0.1, 0.15) is 0 Å². The van der Waals surface area contributed by atoms with E-state index in [4.69, 9.17) is 16.1 Å². The molecule has 0 unspecified atom stereocenters. The number of rotatable bonds is 7. The fourth-order valence-electron chi connectivity index (χ4n) is 1.87. The van der Waals surface area contributed by atoms with Crippen molar-refractivity contribution in [1.29, 1.82) is 5.26 Å². The molecule has 0 atom stereocenters. The zero-order valence-electron chi connectivity index (χ0n) is 10.9. The average Bonchev–Trinajstić information content (AvgIpc) is 2.37. The Morgan fingerprint density at radius 2 is 2.17 bits per heavy atom. The second-order valence-corrected chi connectivity index (χ2v) is 4.28. The Labute approximate surface area is 109 Å². The van der Waals surface area contributed by atoms with E-state index in [2.05, 4.69) is 17.9 Å². The lowest BCUT2D eigenvalue weighted by atomic mass is 10.1. The first-order valence-corrected chi connectivity index (χ1v) is 6.34. The van der Waals surface area contributed by atoms with Crippen LogP contribution in [0.5, 0.6) is 0 Å². The van der Waals surface area contributed by atoms with Gasteiger partial charge in [-0.3, -0.25) is 0 Å². The quantitative estimate of drug-likeness (QED) is 0.722. The van der Waals surface area contributed by atoms with E-state index in [0.29, 0.717) is 18.7 Å². The molecule has 0 bridgehead atoms. The molecule has 0 saturated carbocycles. The standard InChI is InChI=1S/C14H21N3O/c1-2-3-8-17(9-10-18)13-4-5-14(16)12(11-13)6-7-15/h4-5,11,18H,2-3,6,8-10,16H2,1H3. The normalized spacial score (nSPS) is 10.1. The van der Waals surface area contributed by atoms with Crippen molar-refractivity contribution in [1.82, 2.24) is 0 Å². The summed E-state index contributed by atoms with van der Waals surface area (Å²) in [6.07, 6.45) is 2.51. The molecule has 0 aliphatic carbocycles. The summed E-state index contributed by atoms with van der Waals surface area (Å²) in [5.41, 5.74) is 8.36. The van der Waals surface area contributed by atoms with E-state index in [1.165, 1.54) is 0 Å². The van der Waals surface area contributed by atoms with E-state index in [1.807, 2.05) is 18.2 Å². The first kappa shape index (κ1) is 14.3. The minimum atomic E-state index is 0.127. The van der Waals surface area contributed by atoms with Crippen molar-refractivity contribution in [3.63, 3.8) is 0 Å². The molecule has 18 heavy (non-hydrogen) atoms. The number of hydrogen-bond donors (Lipinski definition) is 2. The molecule has 0 aromatic heterocycles. The molecule has 1 aromatic carbocycles. The molecular formula is C14H21N3O. The van der Waals surface area contributed by atoms with E-state index in [0.717, 1.165) is 30.6 Å². The van der Waals surface area contributed by atoms with Gasteiger partial charge in [-0.15, -0.1) is 0 Å². The molecule has 0 saturated heterocycles. The maximum atomic E-state index is 9.11. The SMILES string of the molecule is CCCCN(CCO)c1ccc(N)c(CC#N)c1. The van der Waals surface area contributed by atoms with Crippen molar-refractivity contribution >= 4 is 11.4 Å². The molecular weight excluding hydrogens is 226 g/mol. The van der Waals surface area contributed by atoms with Crippen LogP contribution in [-0.2, 0) is 6.42 Å². The molecule has 0 fully saturated rings. The molecule has 4 heteroatoms. The van der Waals surface area contributed by atoms with Crippen LogP contribution in [0.25, 0.3) is 0 Å². The number of benzene rings is 1. The number of aliphatic hydroxyl groups is 1. The number of nitriles is 1. The number of anilines is 2. The first-order valence-electron chi connectivity index (χ1n) is 6.34. The minimum Gasteiger partial charge on any atom is -0.398 e. The third kappa shape index (κ3) is 3.94. The molecule has 0 aliphatic rings. The van der Waals surface area contributed by atoms with Crippen molar-refractivity contribution in [2.75, 3.05) is 30.3 Å². The lowest BCUT2D eigenvalue weighted by Gasteiger charge is -2.24. The summed E-state index contributed by atoms with van der Waals surface area (Å²) in [7, 11) is 0. The van der Waals surface area contributed by atoms with Gasteiger partial charge in [0.2, 0.25) is 0 Å². The van der Waals surface area contributed by atoms with E-state index in [9.17, 15) is 0 Å². The predicted octanol–water partition coefficient (Wildman–Crippen LogP) is 1.93. The highest BCUT2D eigenvalue weighted by Crippen LogP contribution is 2.22. The number of aliphatic hydroxyl groups excluding tert-OH is 1. The van der Waals surface area contributed by atoms with Crippen LogP contribution in [0, 0.1) is 11.3 Å². The van der Waals surface area contributed by atoms with E-state index in [1.54, 1.807) is 0 Å². The summed E-state index contributed by atoms with van der Waals surface area (Å²) in [5.74, 6) is 0. The van der Waals surface area contributed by atoms with Crippen molar-refractivity contribution in [3.05, 3.63) is 23.8 Å². The summed E-state index contributed by atoms with van der Waals surface area (Å²) in [5, 5.41) is 17.9. The van der Waals surface area contributed by atoms with Crippen LogP contribution in [0.15, 0.2) is 18.2 Å². The van der Waals surface area contributed by atoms with Crippen LogP contribution in [0.1, 0.15) is 25.3 Å². The van der Waals surface area contributed by atoms with Gasteiger partial charge in [-0.05, 0) is 30.2 Å². The van der Waals surface area contributed by atoms with Crippen LogP contribution in [-0.4, -0.2) is 24.8 Å². The Bertz CT molecular complexity index is 412. The summed E-state index contributed by atoms with van der Waals surface area (Å²) in [4.78, 5) is 2.13. The van der Waals surface area contributed by atoms with Gasteiger partial charge in [0.25, 0.3) is 0 Å². The summed E-state index contributed by atoms with van der Waals surface area (Å²) in [6, 6.07) is 7.84. The second kappa shape index (κ2) is 7.57. The van der Waals surface area contributed by atoms with Crippen LogP contribution in [0.4, 0.5) is 11.4 Å². The van der Waals surface area contributed by atoms with Gasteiger partial charge in [-0.1, -0.05) is 13.3 Å². The Kier molecular flexibility index (Phi) is 6.03. The molecule has 1 aromatic rings. The fraction of sp³-hybridized carbons (Fsp3) is 0.500. The summed E-state index contributed by atoms with van der Waals surface area (Å²) in [6.45, 7) is 3.78. The number of nitrogens with zero attached hydrogens (tertiary/aromatic N) is 2. The highest BCUT2D eigenvalue weighted by Gasteiger charge is 2.08. The zero-order valence-corrected chi connectivity index (χ0v) is 10.9. The highest BCUT2D eigenvalue weighted by atomic mass is 16.3. The average molecular weight is 247 g/mol. The molecule has 98 valence electrons. The Hall–Kier alpha value is -1.73. The molecule has 3 N–H and O–H groups in total. The van der Waals surface area contributed by atoms with Gasteiger partial charge in [-0.2, -0.15) is 5.26 Å². The molecule has 0 radical (unpaired) electrons. The predicted molar refractivity (Wildman–Crippen MR) is 74.4 cm³/mol. The van der Waals surface area contributed by atoms with Crippen molar-refractivity contribution in [3.8, 4) is 6.07 Å². The monoisotopic (exact) mass is 247 g/mol. The van der Waals surface area contributed by atoms with Gasteiger partial charge in [0.05, 0.1) is 19.1 Å². The Balaban J connectivity index is 2.90. The molecule has 0 aliphatic heterocycles. The third-order valence-electron chi connectivity index (χ3n) is 2.91. The van der Waals surface area contributed by atoms with Gasteiger partial charge in [0, 0.05) is 24.5 Å². The van der Waals surface area contributed by atoms with Crippen molar-refractivity contribution < 1.29 is 5.11 Å². The van der Waals surface area contributed by atoms with E-state index < -0.39 is 0 Å². The number of hydrogen-bond acceptors (Lipinski definition) is 4. The zero-order chi connectivity index (χ0) is 13.4. The van der Waals surface area contributed by atoms with Gasteiger partial charge < -0.3 is 15.7 Å². The van der Waals surface area contributed by atoms with Crippen LogP contribution in [0.3, 0.4) is 0 Å². The molecule has 4 nitrogen and oxygen atoms in total. The molecule has 0 spiro atoms. The highest BCUT2D eigenvalue weighted by molar-refractivity contribution is 5.59. The smallest absolute Gasteiger partial charge is 0.0670 e. The Morgan fingerprint density at radius 1 is 1.39 bits per heavy atom. The van der Waals surface area contributed by atoms with Crippen molar-refractivity contribution in [2.24, 2.45) is 0 Å². The number of unbranched alkanes of at least 4 members (excludes halogenated alkanes) is 1. The second-order valence-electron chi connectivity index (χ2n) is 4.28. The maximum absolute atomic E-state index is 9.11. The topological polar surface area (TPSA) is 73.3 Å². The van der Waals surface area contributed by atoms with Gasteiger partial charge in [0.15, 0.2) is 0 Å². The van der Waals surface area contributed by atoms with Crippen LogP contribution < -0.4 is 10.6 Å². The fourth-order valence-corrected chi connectivity index (χ4v) is 1.87. The number of nitrogen functional groups attached to an aromatic ring is 1. The largest absolute Gasteiger partial charge is 0.398 e.